The van der Waals surface area contributed by atoms with Crippen LogP contribution >= 0.6 is 0 Å². The van der Waals surface area contributed by atoms with E-state index in [0.29, 0.717) is 6.54 Å². The summed E-state index contributed by atoms with van der Waals surface area (Å²) in [5.74, 6) is 0.841. The summed E-state index contributed by atoms with van der Waals surface area (Å²) in [6.07, 6.45) is 7.06. The Morgan fingerprint density at radius 3 is 3.06 bits per heavy atom. The Kier molecular flexibility index (Phi) is 2.77. The summed E-state index contributed by atoms with van der Waals surface area (Å²) in [5.41, 5.74) is 12.4. The first-order valence-corrected chi connectivity index (χ1v) is 6.47. The van der Waals surface area contributed by atoms with Crippen molar-refractivity contribution >= 4 is 0 Å². The number of aryl methyl sites for hydroxylation is 1. The molecule has 90 valence electrons. The second-order valence-electron chi connectivity index (χ2n) is 5.06. The molecule has 1 saturated carbocycles. The van der Waals surface area contributed by atoms with Crippen LogP contribution in [0.25, 0.3) is 10.4 Å². The molecule has 0 saturated heterocycles. The summed E-state index contributed by atoms with van der Waals surface area (Å²) < 4.78 is 2.19. The van der Waals surface area contributed by atoms with E-state index in [4.69, 9.17) is 10.6 Å². The lowest BCUT2D eigenvalue weighted by atomic mass is 10.1. The maximum Gasteiger partial charge on any atom is 0.0659 e. The van der Waals surface area contributed by atoms with Crippen LogP contribution in [0.4, 0.5) is 0 Å². The molecule has 2 aliphatic carbocycles. The minimum Gasteiger partial charge on any atom is -0.269 e. The normalized spacial score (nSPS) is 17.9. The van der Waals surface area contributed by atoms with E-state index in [1.54, 1.807) is 0 Å². The topological polar surface area (TPSA) is 66.6 Å². The van der Waals surface area contributed by atoms with Gasteiger partial charge in [0.15, 0.2) is 0 Å². The molecule has 0 unspecified atom stereocenters. The molecule has 0 aliphatic heterocycles. The smallest absolute Gasteiger partial charge is 0.0659 e. The summed E-state index contributed by atoms with van der Waals surface area (Å²) in [6.45, 7) is 1.62. The number of aromatic nitrogens is 2. The highest BCUT2D eigenvalue weighted by atomic mass is 15.3. The van der Waals surface area contributed by atoms with Gasteiger partial charge in [-0.1, -0.05) is 5.11 Å². The van der Waals surface area contributed by atoms with Crippen LogP contribution in [-0.2, 0) is 25.8 Å². The molecular formula is C12H17N5. The van der Waals surface area contributed by atoms with Gasteiger partial charge in [0, 0.05) is 23.7 Å². The first-order chi connectivity index (χ1) is 8.38. The molecule has 0 atom stereocenters. The third-order valence-corrected chi connectivity index (χ3v) is 3.73. The second-order valence-corrected chi connectivity index (χ2v) is 5.06. The number of rotatable bonds is 5. The maximum absolute atomic E-state index is 8.35. The zero-order chi connectivity index (χ0) is 11.7. The number of hydrogen-bond acceptors (Lipinski definition) is 2. The quantitative estimate of drug-likeness (QED) is 0.436. The lowest BCUT2D eigenvalue weighted by molar-refractivity contribution is 0.530. The summed E-state index contributed by atoms with van der Waals surface area (Å²) in [6, 6.07) is 0. The largest absolute Gasteiger partial charge is 0.269 e. The van der Waals surface area contributed by atoms with Crippen molar-refractivity contribution in [2.75, 3.05) is 6.54 Å². The highest BCUT2D eigenvalue weighted by Gasteiger charge is 2.26. The van der Waals surface area contributed by atoms with Gasteiger partial charge in [0.25, 0.3) is 0 Å². The van der Waals surface area contributed by atoms with E-state index in [-0.39, 0.29) is 0 Å². The fourth-order valence-electron chi connectivity index (χ4n) is 2.69. The van der Waals surface area contributed by atoms with Crippen LogP contribution in [-0.4, -0.2) is 16.3 Å². The molecule has 0 N–H and O–H groups in total. The average molecular weight is 231 g/mol. The number of nitrogens with zero attached hydrogens (tertiary/aromatic N) is 5. The zero-order valence-electron chi connectivity index (χ0n) is 9.97. The predicted octanol–water partition coefficient (Wildman–Crippen LogP) is 2.63. The minimum atomic E-state index is 0.555. The Bertz CT molecular complexity index is 465. The highest BCUT2D eigenvalue weighted by molar-refractivity contribution is 5.31. The molecular weight excluding hydrogens is 214 g/mol. The highest BCUT2D eigenvalue weighted by Crippen LogP contribution is 2.33. The molecule has 0 spiro atoms. The van der Waals surface area contributed by atoms with Crippen molar-refractivity contribution in [1.29, 1.82) is 0 Å². The molecule has 1 aromatic rings. The van der Waals surface area contributed by atoms with Crippen molar-refractivity contribution in [2.45, 2.75) is 45.1 Å². The molecule has 3 rings (SSSR count). The third-order valence-electron chi connectivity index (χ3n) is 3.73. The number of azide groups is 1. The molecule has 17 heavy (non-hydrogen) atoms. The van der Waals surface area contributed by atoms with Gasteiger partial charge in [0.2, 0.25) is 0 Å². The Labute approximate surface area is 100 Å². The lowest BCUT2D eigenvalue weighted by Crippen LogP contribution is -2.09. The Morgan fingerprint density at radius 1 is 1.41 bits per heavy atom. The van der Waals surface area contributed by atoms with Crippen LogP contribution in [0.2, 0.25) is 0 Å². The summed E-state index contributed by atoms with van der Waals surface area (Å²) in [5, 5.41) is 8.38. The molecule has 5 nitrogen and oxygen atoms in total. The Balaban J connectivity index is 1.82. The van der Waals surface area contributed by atoms with Crippen LogP contribution in [0.3, 0.4) is 0 Å². The average Bonchev–Trinajstić information content (AvgIpc) is 2.91. The first-order valence-electron chi connectivity index (χ1n) is 6.47. The van der Waals surface area contributed by atoms with Crippen molar-refractivity contribution in [2.24, 2.45) is 11.0 Å². The van der Waals surface area contributed by atoms with E-state index < -0.39 is 0 Å². The van der Waals surface area contributed by atoms with E-state index in [2.05, 4.69) is 14.7 Å². The predicted molar refractivity (Wildman–Crippen MR) is 64.7 cm³/mol. The van der Waals surface area contributed by atoms with Crippen LogP contribution in [0.1, 0.15) is 36.2 Å². The molecule has 0 amide bonds. The van der Waals surface area contributed by atoms with Crippen molar-refractivity contribution in [1.82, 2.24) is 9.78 Å². The van der Waals surface area contributed by atoms with Crippen LogP contribution < -0.4 is 0 Å². The molecule has 0 bridgehead atoms. The van der Waals surface area contributed by atoms with Crippen molar-refractivity contribution < 1.29 is 0 Å². The molecule has 0 radical (unpaired) electrons. The molecule has 5 heteroatoms. The Morgan fingerprint density at radius 2 is 2.29 bits per heavy atom. The molecule has 1 fully saturated rings. The van der Waals surface area contributed by atoms with Crippen molar-refractivity contribution in [3.05, 3.63) is 27.4 Å². The van der Waals surface area contributed by atoms with Gasteiger partial charge in [-0.3, -0.25) is 4.68 Å². The van der Waals surface area contributed by atoms with Crippen LogP contribution in [0, 0.1) is 5.92 Å². The molecule has 2 aliphatic rings. The molecule has 0 aromatic carbocycles. The first kappa shape index (κ1) is 10.7. The van der Waals surface area contributed by atoms with E-state index >= 15 is 0 Å². The fraction of sp³-hybridized carbons (Fsp3) is 0.750. The zero-order valence-corrected chi connectivity index (χ0v) is 9.97. The van der Waals surface area contributed by atoms with Crippen molar-refractivity contribution in [3.8, 4) is 0 Å². The third kappa shape index (κ3) is 2.15. The monoisotopic (exact) mass is 231 g/mol. The summed E-state index contributed by atoms with van der Waals surface area (Å²) >= 11 is 0. The van der Waals surface area contributed by atoms with Gasteiger partial charge < -0.3 is 0 Å². The van der Waals surface area contributed by atoms with Crippen molar-refractivity contribution in [3.63, 3.8) is 0 Å². The number of hydrogen-bond donors (Lipinski definition) is 0. The van der Waals surface area contributed by atoms with Gasteiger partial charge in [-0.25, -0.2) is 0 Å². The second kappa shape index (κ2) is 4.41. The standard InChI is InChI=1S/C12H17N5/c13-16-14-7-6-12-10-2-1-3-11(10)15-17(12)8-9-4-5-9/h9H,1-8H2. The van der Waals surface area contributed by atoms with Gasteiger partial charge >= 0.3 is 0 Å². The minimum absolute atomic E-state index is 0.555. The van der Waals surface area contributed by atoms with E-state index in [1.807, 2.05) is 0 Å². The maximum atomic E-state index is 8.35. The number of fused-ring (bicyclic) bond motifs is 1. The van der Waals surface area contributed by atoms with Gasteiger partial charge in [-0.15, -0.1) is 0 Å². The van der Waals surface area contributed by atoms with Gasteiger partial charge in [-0.2, -0.15) is 5.10 Å². The SMILES string of the molecule is [N-]=[N+]=NCCc1c2c(nn1CC1CC1)CCC2. The van der Waals surface area contributed by atoms with E-state index in [1.165, 1.54) is 36.2 Å². The summed E-state index contributed by atoms with van der Waals surface area (Å²) in [7, 11) is 0. The fourth-order valence-corrected chi connectivity index (χ4v) is 2.69. The Hall–Kier alpha value is -1.48. The van der Waals surface area contributed by atoms with Gasteiger partial charge in [0.1, 0.15) is 0 Å². The van der Waals surface area contributed by atoms with E-state index in [0.717, 1.165) is 31.7 Å². The van der Waals surface area contributed by atoms with Gasteiger partial charge in [-0.05, 0) is 55.5 Å². The molecule has 1 aromatic heterocycles. The lowest BCUT2D eigenvalue weighted by Gasteiger charge is -2.07. The van der Waals surface area contributed by atoms with E-state index in [9.17, 15) is 0 Å². The van der Waals surface area contributed by atoms with Gasteiger partial charge in [0.05, 0.1) is 5.69 Å². The summed E-state index contributed by atoms with van der Waals surface area (Å²) in [4.78, 5) is 2.83. The molecule has 1 heterocycles. The van der Waals surface area contributed by atoms with Crippen LogP contribution in [0.15, 0.2) is 5.11 Å². The van der Waals surface area contributed by atoms with Crippen LogP contribution in [0.5, 0.6) is 0 Å².